The van der Waals surface area contributed by atoms with E-state index in [1.165, 1.54) is 0 Å². The molecular weight excluding hydrogens is 314 g/mol. The maximum absolute atomic E-state index is 12.8. The molecule has 0 amide bonds. The van der Waals surface area contributed by atoms with E-state index in [1.54, 1.807) is 0 Å². The van der Waals surface area contributed by atoms with Gasteiger partial charge in [-0.1, -0.05) is 15.9 Å². The summed E-state index contributed by atoms with van der Waals surface area (Å²) in [5.41, 5.74) is -1.22. The first kappa shape index (κ1) is 13.7. The summed E-state index contributed by atoms with van der Waals surface area (Å²) in [7, 11) is 0. The molecule has 0 bridgehead atoms. The molecule has 94 valence electrons. The van der Waals surface area contributed by atoms with Gasteiger partial charge >= 0.3 is 12.3 Å². The fourth-order valence-electron chi connectivity index (χ4n) is 1.04. The molecule has 0 spiro atoms. The summed E-state index contributed by atoms with van der Waals surface area (Å²) >= 11 is 2.79. The van der Waals surface area contributed by atoms with Crippen LogP contribution in [0.1, 0.15) is 16.1 Å². The van der Waals surface area contributed by atoms with Crippen molar-refractivity contribution in [3.05, 3.63) is 23.3 Å². The van der Waals surface area contributed by atoms with Crippen molar-refractivity contribution in [2.75, 3.05) is 0 Å². The van der Waals surface area contributed by atoms with Crippen molar-refractivity contribution in [3.63, 3.8) is 0 Å². The maximum atomic E-state index is 12.8. The second-order valence-corrected chi connectivity index (χ2v) is 3.32. The van der Waals surface area contributed by atoms with Gasteiger partial charge in [0.25, 0.3) is 0 Å². The van der Waals surface area contributed by atoms with Crippen LogP contribution in [0.4, 0.5) is 17.6 Å². The van der Waals surface area contributed by atoms with E-state index in [9.17, 15) is 22.4 Å². The highest BCUT2D eigenvalue weighted by Gasteiger charge is 2.33. The Labute approximate surface area is 100 Å². The lowest BCUT2D eigenvalue weighted by molar-refractivity contribution is -0.275. The Morgan fingerprint density at radius 2 is 2.12 bits per heavy atom. The number of carbonyl (C=O) groups is 1. The minimum atomic E-state index is -5.04. The molecule has 0 unspecified atom stereocenters. The first-order valence-corrected chi connectivity index (χ1v) is 5.11. The molecule has 0 saturated carbocycles. The number of carboxylic acids is 1. The third kappa shape index (κ3) is 3.55. The Balaban J connectivity index is 3.33. The molecule has 0 fully saturated rings. The van der Waals surface area contributed by atoms with Gasteiger partial charge in [0.15, 0.2) is 5.69 Å². The van der Waals surface area contributed by atoms with Crippen LogP contribution < -0.4 is 4.74 Å². The van der Waals surface area contributed by atoms with Gasteiger partial charge in [0, 0.05) is 17.0 Å². The molecule has 9 heteroatoms. The Bertz CT molecular complexity index is 449. The van der Waals surface area contributed by atoms with Gasteiger partial charge in [0.05, 0.1) is 0 Å². The summed E-state index contributed by atoms with van der Waals surface area (Å²) in [5, 5.41) is 8.39. The van der Waals surface area contributed by atoms with E-state index in [-0.39, 0.29) is 5.33 Å². The number of alkyl halides is 4. The number of carboxylic acid groups (broad SMARTS) is 1. The lowest BCUT2D eigenvalue weighted by atomic mass is 10.2. The molecular formula is C8H4BrF4NO3. The first-order valence-electron chi connectivity index (χ1n) is 3.99. The predicted molar refractivity (Wildman–Crippen MR) is 50.5 cm³/mol. The fourth-order valence-corrected chi connectivity index (χ4v) is 1.58. The van der Waals surface area contributed by atoms with Crippen LogP contribution in [0.25, 0.3) is 0 Å². The summed E-state index contributed by atoms with van der Waals surface area (Å²) < 4.78 is 52.3. The van der Waals surface area contributed by atoms with Gasteiger partial charge < -0.3 is 9.84 Å². The van der Waals surface area contributed by atoms with E-state index in [0.29, 0.717) is 6.07 Å². The van der Waals surface area contributed by atoms with E-state index in [0.717, 1.165) is 0 Å². The molecule has 1 aromatic heterocycles. The highest BCUT2D eigenvalue weighted by molar-refractivity contribution is 9.08. The fraction of sp³-hybridized carbons (Fsp3) is 0.250. The molecule has 0 aliphatic carbocycles. The number of halogens is 5. The third-order valence-electron chi connectivity index (χ3n) is 1.61. The quantitative estimate of drug-likeness (QED) is 0.529. The number of ether oxygens (including phenoxy) is 1. The van der Waals surface area contributed by atoms with Crippen LogP contribution in [0.2, 0.25) is 0 Å². The second-order valence-electron chi connectivity index (χ2n) is 2.76. The maximum Gasteiger partial charge on any atom is 0.573 e. The summed E-state index contributed by atoms with van der Waals surface area (Å²) in [6, 6.07) is 0.372. The molecule has 1 heterocycles. The molecule has 1 rings (SSSR count). The Morgan fingerprint density at radius 1 is 1.53 bits per heavy atom. The van der Waals surface area contributed by atoms with Gasteiger partial charge in [-0.25, -0.2) is 9.78 Å². The number of aromatic carboxylic acids is 1. The Hall–Kier alpha value is -1.38. The van der Waals surface area contributed by atoms with Gasteiger partial charge in [-0.2, -0.15) is 4.39 Å². The lowest BCUT2D eigenvalue weighted by Crippen LogP contribution is -2.19. The largest absolute Gasteiger partial charge is 0.573 e. The van der Waals surface area contributed by atoms with Crippen molar-refractivity contribution < 1.29 is 32.2 Å². The molecule has 1 aromatic rings. The third-order valence-corrected chi connectivity index (χ3v) is 2.17. The van der Waals surface area contributed by atoms with Crippen molar-refractivity contribution in [1.82, 2.24) is 4.98 Å². The molecule has 0 radical (unpaired) electrons. The molecule has 0 saturated heterocycles. The Morgan fingerprint density at radius 3 is 2.53 bits per heavy atom. The SMILES string of the molecule is O=C(O)c1nc(F)cc(OC(F)(F)F)c1CBr. The van der Waals surface area contributed by atoms with Gasteiger partial charge in [-0.15, -0.1) is 13.2 Å². The van der Waals surface area contributed by atoms with Crippen LogP contribution in [0.15, 0.2) is 6.07 Å². The van der Waals surface area contributed by atoms with Gasteiger partial charge in [-0.05, 0) is 0 Å². The highest BCUT2D eigenvalue weighted by atomic mass is 79.9. The Kier molecular flexibility index (Phi) is 3.91. The monoisotopic (exact) mass is 317 g/mol. The van der Waals surface area contributed by atoms with Crippen molar-refractivity contribution in [2.24, 2.45) is 0 Å². The molecule has 1 N–H and O–H groups in total. The average Bonchev–Trinajstić information content (AvgIpc) is 2.14. The number of pyridine rings is 1. The first-order chi connectivity index (χ1) is 7.74. The molecule has 0 aromatic carbocycles. The van der Waals surface area contributed by atoms with Crippen molar-refractivity contribution in [3.8, 4) is 5.75 Å². The zero-order valence-electron chi connectivity index (χ0n) is 7.89. The molecule has 0 aliphatic heterocycles. The summed E-state index contributed by atoms with van der Waals surface area (Å²) in [6.07, 6.45) is -5.04. The minimum absolute atomic E-state index is 0.271. The van der Waals surface area contributed by atoms with Gasteiger partial charge in [0.1, 0.15) is 5.75 Å². The van der Waals surface area contributed by atoms with Crippen LogP contribution >= 0.6 is 15.9 Å². The number of hydrogen-bond donors (Lipinski definition) is 1. The zero-order valence-corrected chi connectivity index (χ0v) is 9.47. The van der Waals surface area contributed by atoms with Crippen LogP contribution in [0.3, 0.4) is 0 Å². The smallest absolute Gasteiger partial charge is 0.476 e. The number of nitrogens with zero attached hydrogens (tertiary/aromatic N) is 1. The van der Waals surface area contributed by atoms with Gasteiger partial charge in [0.2, 0.25) is 5.95 Å². The molecule has 4 nitrogen and oxygen atoms in total. The molecule has 17 heavy (non-hydrogen) atoms. The average molecular weight is 318 g/mol. The minimum Gasteiger partial charge on any atom is -0.476 e. The van der Waals surface area contributed by atoms with Gasteiger partial charge in [-0.3, -0.25) is 0 Å². The summed E-state index contributed by atoms with van der Waals surface area (Å²) in [4.78, 5) is 13.7. The number of aromatic nitrogens is 1. The normalized spacial score (nSPS) is 11.4. The predicted octanol–water partition coefficient (Wildman–Crippen LogP) is 2.71. The van der Waals surface area contributed by atoms with Crippen LogP contribution in [-0.4, -0.2) is 22.4 Å². The van der Waals surface area contributed by atoms with Crippen LogP contribution in [-0.2, 0) is 5.33 Å². The zero-order chi connectivity index (χ0) is 13.2. The molecule has 0 aliphatic rings. The number of hydrogen-bond acceptors (Lipinski definition) is 3. The van der Waals surface area contributed by atoms with E-state index < -0.39 is 35.3 Å². The molecule has 0 atom stereocenters. The van der Waals surface area contributed by atoms with Crippen molar-refractivity contribution >= 4 is 21.9 Å². The van der Waals surface area contributed by atoms with Crippen LogP contribution in [0.5, 0.6) is 5.75 Å². The van der Waals surface area contributed by atoms with Crippen molar-refractivity contribution in [2.45, 2.75) is 11.7 Å². The van der Waals surface area contributed by atoms with E-state index >= 15 is 0 Å². The van der Waals surface area contributed by atoms with Crippen molar-refractivity contribution in [1.29, 1.82) is 0 Å². The summed E-state index contributed by atoms with van der Waals surface area (Å²) in [5.74, 6) is -3.95. The van der Waals surface area contributed by atoms with E-state index in [1.807, 2.05) is 0 Å². The second kappa shape index (κ2) is 4.86. The van der Waals surface area contributed by atoms with Crippen LogP contribution in [0, 0.1) is 5.95 Å². The van der Waals surface area contributed by atoms with E-state index in [4.69, 9.17) is 5.11 Å². The topological polar surface area (TPSA) is 59.4 Å². The lowest BCUT2D eigenvalue weighted by Gasteiger charge is -2.13. The summed E-state index contributed by atoms with van der Waals surface area (Å²) in [6.45, 7) is 0. The van der Waals surface area contributed by atoms with E-state index in [2.05, 4.69) is 25.7 Å². The highest BCUT2D eigenvalue weighted by Crippen LogP contribution is 2.30. The number of rotatable bonds is 3. The standard InChI is InChI=1S/C8H4BrF4NO3/c9-2-3-4(17-8(11,12)13)1-5(10)14-6(3)7(15)16/h1H,2H2,(H,15,16).